The van der Waals surface area contributed by atoms with Crippen LogP contribution in [-0.2, 0) is 17.7 Å². The highest BCUT2D eigenvalue weighted by Gasteiger charge is 2.35. The van der Waals surface area contributed by atoms with Gasteiger partial charge >= 0.3 is 0 Å². The minimum Gasteiger partial charge on any atom is -0.508 e. The van der Waals surface area contributed by atoms with E-state index < -0.39 is 0 Å². The van der Waals surface area contributed by atoms with E-state index in [1.54, 1.807) is 53.8 Å². The number of hydrogen-bond donors (Lipinski definition) is 1. The van der Waals surface area contributed by atoms with Gasteiger partial charge in [-0.2, -0.15) is 0 Å². The number of anilines is 2. The molecule has 4 aromatic carbocycles. The van der Waals surface area contributed by atoms with Gasteiger partial charge in [-0.25, -0.2) is 0 Å². The molecule has 1 saturated heterocycles. The summed E-state index contributed by atoms with van der Waals surface area (Å²) in [6, 6.07) is 29.6. The summed E-state index contributed by atoms with van der Waals surface area (Å²) in [6.45, 7) is 4.24. The number of phenolic OH excluding ortho intramolecular Hbond substituents is 1. The SMILES string of the molecule is O=C(c1cc(-c2cc3c(cc2C(=O)N2Cc4ccccc4C[C@H]2CN2CCOCC2)OCO3)n2ccncc12)N(c1ccccc1)c1ccc(O)cc1. The summed E-state index contributed by atoms with van der Waals surface area (Å²) in [5.74, 6) is 0.695. The third-order valence-electron chi connectivity index (χ3n) is 10.3. The number of ether oxygens (including phenoxy) is 3. The fourth-order valence-corrected chi connectivity index (χ4v) is 7.67. The predicted molar refractivity (Wildman–Crippen MR) is 199 cm³/mol. The van der Waals surface area contributed by atoms with Gasteiger partial charge in [-0.15, -0.1) is 0 Å². The molecular formula is C42H37N5O6. The van der Waals surface area contributed by atoms with Gasteiger partial charge < -0.3 is 28.6 Å². The van der Waals surface area contributed by atoms with Gasteiger partial charge in [0.25, 0.3) is 11.8 Å². The number of fused-ring (bicyclic) bond motifs is 3. The zero-order valence-electron chi connectivity index (χ0n) is 28.9. The van der Waals surface area contributed by atoms with Crippen molar-refractivity contribution >= 4 is 28.7 Å². The van der Waals surface area contributed by atoms with Crippen LogP contribution in [0.2, 0.25) is 0 Å². The second-order valence-corrected chi connectivity index (χ2v) is 13.5. The molecule has 266 valence electrons. The molecular weight excluding hydrogens is 670 g/mol. The number of morpholine rings is 1. The number of rotatable bonds is 7. The molecule has 9 rings (SSSR count). The van der Waals surface area contributed by atoms with Crippen molar-refractivity contribution in [2.45, 2.75) is 19.0 Å². The van der Waals surface area contributed by atoms with Crippen LogP contribution in [0.4, 0.5) is 11.4 Å². The lowest BCUT2D eigenvalue weighted by atomic mass is 9.92. The molecule has 3 aliphatic heterocycles. The van der Waals surface area contributed by atoms with Crippen molar-refractivity contribution in [3.05, 3.63) is 138 Å². The quantitative estimate of drug-likeness (QED) is 0.206. The molecule has 1 N–H and O–H groups in total. The number of carbonyl (C=O) groups is 2. The van der Waals surface area contributed by atoms with Gasteiger partial charge in [0.15, 0.2) is 11.5 Å². The highest BCUT2D eigenvalue weighted by atomic mass is 16.7. The lowest BCUT2D eigenvalue weighted by Gasteiger charge is -2.40. The molecule has 11 heteroatoms. The van der Waals surface area contributed by atoms with Crippen LogP contribution in [0.25, 0.3) is 16.8 Å². The summed E-state index contributed by atoms with van der Waals surface area (Å²) in [5.41, 5.74) is 6.28. The maximum absolute atomic E-state index is 15.1. The number of carbonyl (C=O) groups excluding carboxylic acids is 2. The molecule has 0 bridgehead atoms. The molecule has 5 heterocycles. The molecule has 0 radical (unpaired) electrons. The van der Waals surface area contributed by atoms with Crippen molar-refractivity contribution in [1.29, 1.82) is 0 Å². The number of aromatic hydroxyl groups is 1. The topological polar surface area (TPSA) is 109 Å². The number of nitrogens with zero attached hydrogens (tertiary/aromatic N) is 5. The maximum Gasteiger partial charge on any atom is 0.265 e. The highest BCUT2D eigenvalue weighted by Crippen LogP contribution is 2.42. The second kappa shape index (κ2) is 13.8. The monoisotopic (exact) mass is 707 g/mol. The lowest BCUT2D eigenvalue weighted by Crippen LogP contribution is -2.52. The number of phenols is 1. The Hall–Kier alpha value is -6.17. The molecule has 11 nitrogen and oxygen atoms in total. The van der Waals surface area contributed by atoms with Gasteiger partial charge in [0, 0.05) is 61.6 Å². The second-order valence-electron chi connectivity index (χ2n) is 13.5. The average molecular weight is 708 g/mol. The molecule has 0 unspecified atom stereocenters. The Morgan fingerprint density at radius 2 is 1.55 bits per heavy atom. The predicted octanol–water partition coefficient (Wildman–Crippen LogP) is 6.31. The Kier molecular flexibility index (Phi) is 8.49. The highest BCUT2D eigenvalue weighted by molar-refractivity contribution is 6.15. The minimum atomic E-state index is -0.300. The molecule has 1 atom stereocenters. The molecule has 53 heavy (non-hydrogen) atoms. The van der Waals surface area contributed by atoms with E-state index in [2.05, 4.69) is 28.1 Å². The fraction of sp³-hybridized carbons (Fsp3) is 0.214. The van der Waals surface area contributed by atoms with E-state index in [1.807, 2.05) is 57.8 Å². The molecule has 1 fully saturated rings. The van der Waals surface area contributed by atoms with Crippen molar-refractivity contribution in [2.24, 2.45) is 0 Å². The van der Waals surface area contributed by atoms with E-state index >= 15 is 4.79 Å². The molecule has 2 amide bonds. The van der Waals surface area contributed by atoms with Gasteiger partial charge in [-0.3, -0.25) is 24.4 Å². The Balaban J connectivity index is 1.16. The van der Waals surface area contributed by atoms with Crippen LogP contribution in [0, 0.1) is 0 Å². The zero-order chi connectivity index (χ0) is 35.9. The molecule has 0 spiro atoms. The van der Waals surface area contributed by atoms with Crippen LogP contribution in [0.1, 0.15) is 31.8 Å². The van der Waals surface area contributed by atoms with Crippen molar-refractivity contribution in [1.82, 2.24) is 19.2 Å². The largest absolute Gasteiger partial charge is 0.508 e. The summed E-state index contributed by atoms with van der Waals surface area (Å²) >= 11 is 0. The third kappa shape index (κ3) is 6.13. The summed E-state index contributed by atoms with van der Waals surface area (Å²) in [4.78, 5) is 40.3. The summed E-state index contributed by atoms with van der Waals surface area (Å²) < 4.78 is 19.2. The van der Waals surface area contributed by atoms with Gasteiger partial charge in [0.05, 0.1) is 41.7 Å². The van der Waals surface area contributed by atoms with Crippen molar-refractivity contribution in [3.8, 4) is 28.5 Å². The number of hydrogen-bond acceptors (Lipinski definition) is 8. The lowest BCUT2D eigenvalue weighted by molar-refractivity contribution is 0.0193. The smallest absolute Gasteiger partial charge is 0.265 e. The van der Waals surface area contributed by atoms with E-state index in [1.165, 1.54) is 5.56 Å². The minimum absolute atomic E-state index is 0.0460. The first-order valence-corrected chi connectivity index (χ1v) is 17.8. The van der Waals surface area contributed by atoms with E-state index in [9.17, 15) is 9.90 Å². The fourth-order valence-electron chi connectivity index (χ4n) is 7.67. The number of benzene rings is 4. The van der Waals surface area contributed by atoms with Gasteiger partial charge in [-0.05, 0) is 72.1 Å². The number of aromatic nitrogens is 2. The standard InChI is InChI=1S/C42H37N5O6/c48-33-12-10-31(11-13-33)47(30-8-2-1-3-9-30)42(50)36-21-37(45-15-14-43-24-38(36)45)34-22-39-40(53-27-52-39)23-35(34)41(49)46-25-29-7-5-4-6-28(29)20-32(46)26-44-16-18-51-19-17-44/h1-15,21-24,32,48H,16-20,25-27H2/t32-/m0/s1. The first kappa shape index (κ1) is 32.7. The Morgan fingerprint density at radius 1 is 0.830 bits per heavy atom. The molecule has 0 aliphatic carbocycles. The van der Waals surface area contributed by atoms with Gasteiger partial charge in [0.2, 0.25) is 6.79 Å². The first-order valence-electron chi connectivity index (χ1n) is 17.8. The van der Waals surface area contributed by atoms with E-state index in [0.29, 0.717) is 70.5 Å². The van der Waals surface area contributed by atoms with Crippen LogP contribution < -0.4 is 14.4 Å². The first-order chi connectivity index (χ1) is 26.0. The average Bonchev–Trinajstić information content (AvgIpc) is 3.83. The number of amides is 2. The Morgan fingerprint density at radius 3 is 2.34 bits per heavy atom. The molecule has 3 aliphatic rings. The molecule has 0 saturated carbocycles. The van der Waals surface area contributed by atoms with E-state index in [-0.39, 0.29) is 30.4 Å². The van der Waals surface area contributed by atoms with Gasteiger partial charge in [0.1, 0.15) is 5.75 Å². The normalized spacial score (nSPS) is 16.8. The zero-order valence-corrected chi connectivity index (χ0v) is 28.9. The molecule has 2 aromatic heterocycles. The summed E-state index contributed by atoms with van der Waals surface area (Å²) in [5, 5.41) is 10.0. The number of para-hydroxylation sites is 1. The van der Waals surface area contributed by atoms with Gasteiger partial charge in [-0.1, -0.05) is 42.5 Å². The van der Waals surface area contributed by atoms with Crippen LogP contribution >= 0.6 is 0 Å². The van der Waals surface area contributed by atoms with Crippen molar-refractivity contribution < 1.29 is 28.9 Å². The van der Waals surface area contributed by atoms with Crippen LogP contribution in [0.15, 0.2) is 116 Å². The summed E-state index contributed by atoms with van der Waals surface area (Å²) in [6.07, 6.45) is 5.86. The third-order valence-corrected chi connectivity index (χ3v) is 10.3. The van der Waals surface area contributed by atoms with Crippen molar-refractivity contribution in [2.75, 3.05) is 44.5 Å². The van der Waals surface area contributed by atoms with Crippen LogP contribution in [0.3, 0.4) is 0 Å². The van der Waals surface area contributed by atoms with Crippen LogP contribution in [-0.4, -0.2) is 81.8 Å². The van der Waals surface area contributed by atoms with Crippen LogP contribution in [0.5, 0.6) is 17.2 Å². The maximum atomic E-state index is 15.1. The molecule has 6 aromatic rings. The Bertz CT molecular complexity index is 2320. The van der Waals surface area contributed by atoms with E-state index in [0.717, 1.165) is 31.6 Å². The van der Waals surface area contributed by atoms with E-state index in [4.69, 9.17) is 14.2 Å². The Labute approximate surface area is 306 Å². The van der Waals surface area contributed by atoms with Crippen molar-refractivity contribution in [3.63, 3.8) is 0 Å². The summed E-state index contributed by atoms with van der Waals surface area (Å²) in [7, 11) is 0.